The molecule has 0 spiro atoms. The maximum atomic E-state index is 11.8. The van der Waals surface area contributed by atoms with Gasteiger partial charge in [-0.2, -0.15) is 5.10 Å². The molecule has 8 heteroatoms. The smallest absolute Gasteiger partial charge is 0.294 e. The van der Waals surface area contributed by atoms with Crippen molar-refractivity contribution in [3.05, 3.63) is 53.1 Å². The van der Waals surface area contributed by atoms with Crippen LogP contribution in [0.15, 0.2) is 36.7 Å². The third-order valence-electron chi connectivity index (χ3n) is 2.79. The molecular formula is C13H12N6OS. The molecule has 2 heterocycles. The van der Waals surface area contributed by atoms with Gasteiger partial charge in [-0.15, -0.1) is 10.2 Å². The van der Waals surface area contributed by atoms with Gasteiger partial charge < -0.3 is 0 Å². The van der Waals surface area contributed by atoms with Crippen LogP contribution in [0.4, 0.5) is 5.13 Å². The molecule has 1 aromatic carbocycles. The highest BCUT2D eigenvalue weighted by atomic mass is 32.1. The van der Waals surface area contributed by atoms with E-state index in [0.717, 1.165) is 17.8 Å². The number of aromatic nitrogens is 5. The van der Waals surface area contributed by atoms with Gasteiger partial charge >= 0.3 is 0 Å². The number of aromatic amines is 1. The van der Waals surface area contributed by atoms with Gasteiger partial charge in [-0.25, -0.2) is 4.98 Å². The maximum absolute atomic E-state index is 11.8. The fraction of sp³-hybridized carbons (Fsp3) is 0.154. The highest BCUT2D eigenvalue weighted by Gasteiger charge is 2.12. The van der Waals surface area contributed by atoms with Crippen LogP contribution in [-0.2, 0) is 12.8 Å². The Bertz CT molecular complexity index is 709. The number of nitrogens with one attached hydrogen (secondary N) is 2. The van der Waals surface area contributed by atoms with Crippen LogP contribution >= 0.6 is 11.3 Å². The molecule has 21 heavy (non-hydrogen) atoms. The Balaban J connectivity index is 1.57. The van der Waals surface area contributed by atoms with Gasteiger partial charge in [0.15, 0.2) is 0 Å². The summed E-state index contributed by atoms with van der Waals surface area (Å²) >= 11 is 1.36. The van der Waals surface area contributed by atoms with Gasteiger partial charge in [0.25, 0.3) is 5.91 Å². The number of hydrogen-bond acceptors (Lipinski definition) is 6. The minimum Gasteiger partial charge on any atom is -0.294 e. The van der Waals surface area contributed by atoms with Crippen molar-refractivity contribution < 1.29 is 4.79 Å². The number of nitrogens with zero attached hydrogens (tertiary/aromatic N) is 4. The lowest BCUT2D eigenvalue weighted by Gasteiger charge is -1.97. The maximum Gasteiger partial charge on any atom is 0.294 e. The van der Waals surface area contributed by atoms with Gasteiger partial charge in [0.2, 0.25) is 11.0 Å². The predicted octanol–water partition coefficient (Wildman–Crippen LogP) is 1.69. The molecular weight excluding hydrogens is 288 g/mol. The zero-order valence-electron chi connectivity index (χ0n) is 11.0. The van der Waals surface area contributed by atoms with Crippen LogP contribution in [0.5, 0.6) is 0 Å². The number of aryl methyl sites for hydroxylation is 2. The Morgan fingerprint density at radius 1 is 1.19 bits per heavy atom. The van der Waals surface area contributed by atoms with Crippen LogP contribution in [0.1, 0.15) is 21.2 Å². The second-order valence-corrected chi connectivity index (χ2v) is 5.34. The normalized spacial score (nSPS) is 10.5. The molecule has 0 saturated carbocycles. The van der Waals surface area contributed by atoms with Crippen molar-refractivity contribution in [2.75, 3.05) is 5.32 Å². The lowest BCUT2D eigenvalue weighted by atomic mass is 10.1. The Morgan fingerprint density at radius 2 is 2.05 bits per heavy atom. The Morgan fingerprint density at radius 3 is 2.81 bits per heavy atom. The van der Waals surface area contributed by atoms with Crippen LogP contribution in [0.3, 0.4) is 0 Å². The summed E-state index contributed by atoms with van der Waals surface area (Å²) in [5, 5.41) is 18.1. The largest absolute Gasteiger partial charge is 0.294 e. The van der Waals surface area contributed by atoms with Crippen molar-refractivity contribution in [3.8, 4) is 0 Å². The number of carbonyl (C=O) groups is 1. The van der Waals surface area contributed by atoms with E-state index in [1.807, 2.05) is 18.2 Å². The number of carbonyl (C=O) groups excluding carboxylic acids is 1. The molecule has 0 atom stereocenters. The number of amides is 1. The van der Waals surface area contributed by atoms with Crippen molar-refractivity contribution in [2.24, 2.45) is 0 Å². The van der Waals surface area contributed by atoms with Crippen molar-refractivity contribution in [3.63, 3.8) is 0 Å². The molecule has 1 amide bonds. The van der Waals surface area contributed by atoms with Gasteiger partial charge in [-0.3, -0.25) is 15.2 Å². The second kappa shape index (κ2) is 6.23. The van der Waals surface area contributed by atoms with Crippen molar-refractivity contribution >= 4 is 22.4 Å². The van der Waals surface area contributed by atoms with E-state index in [2.05, 4.69) is 42.8 Å². The third kappa shape index (κ3) is 3.48. The summed E-state index contributed by atoms with van der Waals surface area (Å²) in [5.74, 6) is -0.228. The fourth-order valence-electron chi connectivity index (χ4n) is 1.77. The lowest BCUT2D eigenvalue weighted by Crippen LogP contribution is -2.13. The van der Waals surface area contributed by atoms with Gasteiger partial charge in [-0.1, -0.05) is 41.7 Å². The van der Waals surface area contributed by atoms with Crippen molar-refractivity contribution in [1.82, 2.24) is 25.4 Å². The molecule has 2 N–H and O–H groups in total. The van der Waals surface area contributed by atoms with Gasteiger partial charge in [0.1, 0.15) is 11.3 Å². The van der Waals surface area contributed by atoms with Crippen molar-refractivity contribution in [1.29, 1.82) is 0 Å². The van der Waals surface area contributed by atoms with Gasteiger partial charge in [0.05, 0.1) is 0 Å². The number of benzene rings is 1. The predicted molar refractivity (Wildman–Crippen MR) is 78.1 cm³/mol. The summed E-state index contributed by atoms with van der Waals surface area (Å²) < 4.78 is 0. The zero-order valence-corrected chi connectivity index (χ0v) is 11.8. The van der Waals surface area contributed by atoms with Crippen LogP contribution in [0.2, 0.25) is 0 Å². The molecule has 2 aromatic heterocycles. The Kier molecular flexibility index (Phi) is 3.97. The zero-order chi connectivity index (χ0) is 14.5. The number of rotatable bonds is 5. The standard InChI is InChI=1S/C13H12N6OS/c20-12(11-14-8-15-18-11)16-13-19-17-10(21-13)7-6-9-4-2-1-3-5-9/h1-5,8H,6-7H2,(H,14,15,18)(H,16,19,20). The first-order valence-corrected chi connectivity index (χ1v) is 7.16. The summed E-state index contributed by atoms with van der Waals surface area (Å²) in [5.41, 5.74) is 1.25. The SMILES string of the molecule is O=C(Nc1nnc(CCc2ccccc2)s1)c1ncn[nH]1. The summed E-state index contributed by atoms with van der Waals surface area (Å²) in [6.07, 6.45) is 2.96. The second-order valence-electron chi connectivity index (χ2n) is 4.27. The van der Waals surface area contributed by atoms with E-state index in [1.54, 1.807) is 0 Å². The summed E-state index contributed by atoms with van der Waals surface area (Å²) in [4.78, 5) is 15.5. The summed E-state index contributed by atoms with van der Waals surface area (Å²) in [6, 6.07) is 10.2. The van der Waals surface area contributed by atoms with E-state index in [0.29, 0.717) is 5.13 Å². The highest BCUT2D eigenvalue weighted by molar-refractivity contribution is 7.15. The minimum atomic E-state index is -0.377. The molecule has 0 aliphatic carbocycles. The van der Waals surface area contributed by atoms with E-state index in [4.69, 9.17) is 0 Å². The molecule has 3 aromatic rings. The number of anilines is 1. The molecule has 3 rings (SSSR count). The molecule has 7 nitrogen and oxygen atoms in total. The minimum absolute atomic E-state index is 0.149. The number of H-pyrrole nitrogens is 1. The average Bonchev–Trinajstić information content (AvgIpc) is 3.18. The molecule has 0 bridgehead atoms. The van der Waals surface area contributed by atoms with Crippen LogP contribution < -0.4 is 5.32 Å². The summed E-state index contributed by atoms with van der Waals surface area (Å²) in [6.45, 7) is 0. The molecule has 0 fully saturated rings. The highest BCUT2D eigenvalue weighted by Crippen LogP contribution is 2.17. The Hall–Kier alpha value is -2.61. The van der Waals surface area contributed by atoms with Gasteiger partial charge in [-0.05, 0) is 12.0 Å². The van der Waals surface area contributed by atoms with Crippen LogP contribution in [0, 0.1) is 0 Å². The summed E-state index contributed by atoms with van der Waals surface area (Å²) in [7, 11) is 0. The van der Waals surface area contributed by atoms with E-state index in [-0.39, 0.29) is 11.7 Å². The molecule has 0 aliphatic rings. The lowest BCUT2D eigenvalue weighted by molar-refractivity contribution is 0.101. The van der Waals surface area contributed by atoms with Crippen LogP contribution in [0.25, 0.3) is 0 Å². The molecule has 0 aliphatic heterocycles. The first-order chi connectivity index (χ1) is 10.3. The van der Waals surface area contributed by atoms with Crippen molar-refractivity contribution in [2.45, 2.75) is 12.8 Å². The molecule has 0 saturated heterocycles. The fourth-order valence-corrected chi connectivity index (χ4v) is 2.51. The Labute approximate surface area is 124 Å². The van der Waals surface area contributed by atoms with E-state index in [9.17, 15) is 4.79 Å². The average molecular weight is 300 g/mol. The topological polar surface area (TPSA) is 96.5 Å². The first-order valence-electron chi connectivity index (χ1n) is 6.34. The number of hydrogen-bond donors (Lipinski definition) is 2. The quantitative estimate of drug-likeness (QED) is 0.747. The monoisotopic (exact) mass is 300 g/mol. The van der Waals surface area contributed by atoms with E-state index >= 15 is 0 Å². The molecule has 0 unspecified atom stereocenters. The van der Waals surface area contributed by atoms with E-state index in [1.165, 1.54) is 23.2 Å². The van der Waals surface area contributed by atoms with E-state index < -0.39 is 0 Å². The van der Waals surface area contributed by atoms with Gasteiger partial charge in [0, 0.05) is 6.42 Å². The third-order valence-corrected chi connectivity index (χ3v) is 3.69. The molecule has 0 radical (unpaired) electrons. The van der Waals surface area contributed by atoms with Crippen LogP contribution in [-0.4, -0.2) is 31.3 Å². The molecule has 106 valence electrons. The first kappa shape index (κ1) is 13.4.